The molecule has 0 aliphatic carbocycles. The van der Waals surface area contributed by atoms with E-state index in [1.807, 2.05) is 0 Å². The predicted octanol–water partition coefficient (Wildman–Crippen LogP) is 9.65. The Bertz CT molecular complexity index is 1680. The van der Waals surface area contributed by atoms with Crippen molar-refractivity contribution in [2.75, 3.05) is 0 Å². The third-order valence-electron chi connectivity index (χ3n) is 6.81. The molecule has 6 aromatic rings. The van der Waals surface area contributed by atoms with E-state index in [-0.39, 0.29) is 21.8 Å². The van der Waals surface area contributed by atoms with Gasteiger partial charge in [-0.25, -0.2) is 0 Å². The Morgan fingerprint density at radius 3 is 1.59 bits per heavy atom. The van der Waals surface area contributed by atoms with Crippen molar-refractivity contribution in [1.82, 2.24) is 0 Å². The van der Waals surface area contributed by atoms with Crippen molar-refractivity contribution < 1.29 is 4.74 Å². The Kier molecular flexibility index (Phi) is 6.45. The monoisotopic (exact) mass is 538 g/mol. The van der Waals surface area contributed by atoms with Crippen LogP contribution in [0.2, 0.25) is 0 Å². The third-order valence-corrected chi connectivity index (χ3v) is 11.3. The van der Waals surface area contributed by atoms with Crippen molar-refractivity contribution in [3.8, 4) is 22.6 Å². The van der Waals surface area contributed by atoms with Crippen molar-refractivity contribution in [3.05, 3.63) is 158 Å². The number of ether oxygens (including phenoxy) is 1. The number of fused-ring (bicyclic) bond motifs is 2. The van der Waals surface area contributed by atoms with Crippen LogP contribution >= 0.6 is 0 Å². The second-order valence-corrected chi connectivity index (χ2v) is 13.3. The molecule has 1 heterocycles. The number of para-hydroxylation sites is 1. The van der Waals surface area contributed by atoms with Crippen molar-refractivity contribution in [2.24, 2.45) is 0 Å². The molecule has 0 fully saturated rings. The standard InChI is InChI=1S/C36H26OS2/c1-4-12-29(13-5-1)38(30-14-6-2-7-15-30)32-23-20-27(21-24-32)28-22-25-36-34(26-28)37-33-18-10-11-19-35(33)39(36)31-16-8-3-9-17-31/h1-26H/q+2. The smallest absolute Gasteiger partial charge is 0.209 e. The molecule has 1 nitrogen and oxygen atoms in total. The lowest BCUT2D eigenvalue weighted by Gasteiger charge is -2.20. The van der Waals surface area contributed by atoms with Crippen LogP contribution in [0.15, 0.2) is 187 Å². The van der Waals surface area contributed by atoms with Gasteiger partial charge in [0.15, 0.2) is 31.1 Å². The summed E-state index contributed by atoms with van der Waals surface area (Å²) in [6.45, 7) is 0. The normalized spacial score (nSPS) is 13.8. The molecule has 1 atom stereocenters. The zero-order chi connectivity index (χ0) is 26.0. The maximum atomic E-state index is 6.48. The van der Waals surface area contributed by atoms with Crippen LogP contribution in [0.3, 0.4) is 0 Å². The zero-order valence-corrected chi connectivity index (χ0v) is 22.9. The van der Waals surface area contributed by atoms with Gasteiger partial charge in [0.25, 0.3) is 0 Å². The van der Waals surface area contributed by atoms with Gasteiger partial charge in [-0.1, -0.05) is 66.7 Å². The molecule has 39 heavy (non-hydrogen) atoms. The summed E-state index contributed by atoms with van der Waals surface area (Å²) in [4.78, 5) is 7.73. The van der Waals surface area contributed by atoms with E-state index in [1.54, 1.807) is 0 Å². The Balaban J connectivity index is 1.26. The van der Waals surface area contributed by atoms with E-state index < -0.39 is 0 Å². The largest absolute Gasteiger partial charge is 0.447 e. The van der Waals surface area contributed by atoms with Gasteiger partial charge in [0.2, 0.25) is 9.79 Å². The van der Waals surface area contributed by atoms with Gasteiger partial charge in [-0.15, -0.1) is 0 Å². The number of hydrogen-bond donors (Lipinski definition) is 0. The number of benzene rings is 6. The lowest BCUT2D eigenvalue weighted by Crippen LogP contribution is -2.12. The van der Waals surface area contributed by atoms with Crippen LogP contribution in [0.1, 0.15) is 0 Å². The molecule has 0 spiro atoms. The van der Waals surface area contributed by atoms with Gasteiger partial charge in [0, 0.05) is 0 Å². The fourth-order valence-electron chi connectivity index (χ4n) is 4.99. The van der Waals surface area contributed by atoms with Gasteiger partial charge in [0.1, 0.15) is 10.9 Å². The Labute approximate surface area is 235 Å². The van der Waals surface area contributed by atoms with Crippen LogP contribution in [0, 0.1) is 0 Å². The van der Waals surface area contributed by atoms with E-state index in [0.717, 1.165) is 17.1 Å². The molecule has 6 aromatic carbocycles. The Hall–Kier alpha value is -4.18. The van der Waals surface area contributed by atoms with Crippen molar-refractivity contribution in [3.63, 3.8) is 0 Å². The van der Waals surface area contributed by atoms with Gasteiger partial charge in [-0.3, -0.25) is 0 Å². The lowest BCUT2D eigenvalue weighted by molar-refractivity contribution is 0.453. The lowest BCUT2D eigenvalue weighted by atomic mass is 10.1. The first-order valence-electron chi connectivity index (χ1n) is 13.0. The summed E-state index contributed by atoms with van der Waals surface area (Å²) >= 11 is 0. The van der Waals surface area contributed by atoms with E-state index >= 15 is 0 Å². The highest BCUT2D eigenvalue weighted by Crippen LogP contribution is 2.48. The van der Waals surface area contributed by atoms with Gasteiger partial charge in [-0.05, 0) is 102 Å². The topological polar surface area (TPSA) is 9.23 Å². The van der Waals surface area contributed by atoms with Crippen LogP contribution in [0.4, 0.5) is 0 Å². The zero-order valence-electron chi connectivity index (χ0n) is 21.2. The van der Waals surface area contributed by atoms with Crippen molar-refractivity contribution >= 4 is 21.8 Å². The number of rotatable bonds is 5. The maximum Gasteiger partial charge on any atom is 0.209 e. The van der Waals surface area contributed by atoms with Crippen molar-refractivity contribution in [1.29, 1.82) is 0 Å². The minimum atomic E-state index is -0.199. The third kappa shape index (κ3) is 4.65. The summed E-state index contributed by atoms with van der Waals surface area (Å²) < 4.78 is 6.48. The van der Waals surface area contributed by atoms with Crippen LogP contribution in [0.5, 0.6) is 11.5 Å². The summed E-state index contributed by atoms with van der Waals surface area (Å²) in [5, 5.41) is 0. The second-order valence-electron chi connectivity index (χ2n) is 9.29. The van der Waals surface area contributed by atoms with Crippen LogP contribution in [-0.4, -0.2) is 0 Å². The van der Waals surface area contributed by atoms with Crippen LogP contribution < -0.4 is 4.74 Å². The van der Waals surface area contributed by atoms with E-state index in [2.05, 4.69) is 158 Å². The minimum Gasteiger partial charge on any atom is -0.447 e. The first kappa shape index (κ1) is 23.9. The van der Waals surface area contributed by atoms with Crippen LogP contribution in [-0.2, 0) is 21.8 Å². The van der Waals surface area contributed by atoms with Gasteiger partial charge in [0.05, 0.1) is 10.9 Å². The van der Waals surface area contributed by atoms with Gasteiger partial charge in [-0.2, -0.15) is 0 Å². The van der Waals surface area contributed by atoms with Gasteiger partial charge < -0.3 is 4.74 Å². The van der Waals surface area contributed by atoms with E-state index in [1.165, 1.54) is 34.9 Å². The molecule has 1 aliphatic rings. The molecule has 0 amide bonds. The summed E-state index contributed by atoms with van der Waals surface area (Å²) in [5.41, 5.74) is 2.35. The molecule has 186 valence electrons. The van der Waals surface area contributed by atoms with E-state index in [9.17, 15) is 0 Å². The molecule has 3 heteroatoms. The molecule has 0 aromatic heterocycles. The Morgan fingerprint density at radius 2 is 0.923 bits per heavy atom. The fourth-order valence-corrected chi connectivity index (χ4v) is 9.28. The molecular formula is C36H26OS2+2. The first-order chi connectivity index (χ1) is 19.3. The SMILES string of the molecule is c1ccc([S+](c2ccccc2)c2ccc(-c3ccc4c(c3)Oc3ccccc3[S+]4c3ccccc3)cc2)cc1. The summed E-state index contributed by atoms with van der Waals surface area (Å²) in [5.74, 6) is 1.88. The minimum absolute atomic E-state index is 0.156. The fraction of sp³-hybridized carbons (Fsp3) is 0. The molecular weight excluding hydrogens is 513 g/mol. The highest BCUT2D eigenvalue weighted by molar-refractivity contribution is 7.97. The molecule has 1 aliphatic heterocycles. The molecule has 0 saturated carbocycles. The summed E-state index contributed by atoms with van der Waals surface area (Å²) in [7, 11) is -0.354. The number of hydrogen-bond acceptors (Lipinski definition) is 1. The summed E-state index contributed by atoms with van der Waals surface area (Å²) in [6, 6.07) is 56.5. The molecule has 0 radical (unpaired) electrons. The molecule has 7 rings (SSSR count). The van der Waals surface area contributed by atoms with E-state index in [4.69, 9.17) is 4.74 Å². The van der Waals surface area contributed by atoms with E-state index in [0.29, 0.717) is 0 Å². The van der Waals surface area contributed by atoms with Crippen molar-refractivity contribution in [2.45, 2.75) is 29.4 Å². The molecule has 0 saturated heterocycles. The molecule has 0 N–H and O–H groups in total. The second kappa shape index (κ2) is 10.5. The van der Waals surface area contributed by atoms with Gasteiger partial charge >= 0.3 is 0 Å². The summed E-state index contributed by atoms with van der Waals surface area (Å²) in [6.07, 6.45) is 0. The van der Waals surface area contributed by atoms with Crippen LogP contribution in [0.25, 0.3) is 11.1 Å². The average Bonchev–Trinajstić information content (AvgIpc) is 3.01. The Morgan fingerprint density at radius 1 is 0.410 bits per heavy atom. The first-order valence-corrected chi connectivity index (χ1v) is 15.5. The predicted molar refractivity (Wildman–Crippen MR) is 162 cm³/mol. The molecule has 1 unspecified atom stereocenters. The maximum absolute atomic E-state index is 6.48. The average molecular weight is 539 g/mol. The quantitative estimate of drug-likeness (QED) is 0.198. The molecule has 0 bridgehead atoms. The highest BCUT2D eigenvalue weighted by atomic mass is 32.2. The highest BCUT2D eigenvalue weighted by Gasteiger charge is 2.39.